The van der Waals surface area contributed by atoms with Crippen LogP contribution in [0.15, 0.2) is 29.3 Å². The summed E-state index contributed by atoms with van der Waals surface area (Å²) in [7, 11) is 2.05. The second-order valence-electron chi connectivity index (χ2n) is 8.29. The fourth-order valence-corrected chi connectivity index (χ4v) is 4.87. The number of H-pyrrole nitrogens is 2. The molecule has 5 rings (SSSR count). The molecule has 0 aliphatic heterocycles. The average Bonchev–Trinajstić information content (AvgIpc) is 3.16. The van der Waals surface area contributed by atoms with Gasteiger partial charge in [0.25, 0.3) is 5.56 Å². The van der Waals surface area contributed by atoms with E-state index >= 15 is 0 Å². The van der Waals surface area contributed by atoms with Crippen molar-refractivity contribution in [3.63, 3.8) is 0 Å². The van der Waals surface area contributed by atoms with Gasteiger partial charge in [0.15, 0.2) is 5.65 Å². The second kappa shape index (κ2) is 7.62. The largest absolute Gasteiger partial charge is 0.355 e. The Morgan fingerprint density at radius 3 is 2.87 bits per heavy atom. The lowest BCUT2D eigenvalue weighted by Crippen LogP contribution is -2.41. The molecule has 1 saturated carbocycles. The van der Waals surface area contributed by atoms with Crippen LogP contribution < -0.4 is 16.2 Å². The molecule has 0 amide bonds. The van der Waals surface area contributed by atoms with Crippen LogP contribution in [-0.4, -0.2) is 44.1 Å². The number of nitrogens with two attached hydrogens (primary N) is 1. The first-order valence-corrected chi connectivity index (χ1v) is 10.8. The van der Waals surface area contributed by atoms with E-state index in [2.05, 4.69) is 24.8 Å². The molecular weight excluding hydrogens is 414 g/mol. The standard InChI is InChI=1S/C22H24ClN7O/c1-11-27-16-7-6-14(19(23)18(16)22(31)28-11)15-9-26-21-20(15)25-10-17(29-21)30(2)13-5-3-4-12(24)8-13/h6-7,9-10,12-13H,3-5,8,24H2,1-2H3,(H,26,29)(H,27,28,31)/t12-,13-/m1/s1. The van der Waals surface area contributed by atoms with Crippen molar-refractivity contribution in [1.29, 1.82) is 0 Å². The number of fused-ring (bicyclic) bond motifs is 2. The van der Waals surface area contributed by atoms with Crippen molar-refractivity contribution in [2.24, 2.45) is 5.73 Å². The summed E-state index contributed by atoms with van der Waals surface area (Å²) < 4.78 is 0. The monoisotopic (exact) mass is 437 g/mol. The molecule has 31 heavy (non-hydrogen) atoms. The average molecular weight is 438 g/mol. The van der Waals surface area contributed by atoms with E-state index in [9.17, 15) is 4.79 Å². The van der Waals surface area contributed by atoms with Gasteiger partial charge < -0.3 is 20.6 Å². The van der Waals surface area contributed by atoms with Gasteiger partial charge in [0, 0.05) is 36.5 Å². The van der Waals surface area contributed by atoms with Crippen LogP contribution in [0.1, 0.15) is 31.5 Å². The molecule has 160 valence electrons. The lowest BCUT2D eigenvalue weighted by atomic mass is 9.91. The van der Waals surface area contributed by atoms with Gasteiger partial charge in [-0.05, 0) is 38.7 Å². The molecule has 1 fully saturated rings. The molecule has 0 bridgehead atoms. The molecular formula is C22H24ClN7O. The van der Waals surface area contributed by atoms with Crippen molar-refractivity contribution in [1.82, 2.24) is 24.9 Å². The summed E-state index contributed by atoms with van der Waals surface area (Å²) in [5, 5.41) is 0.725. The summed E-state index contributed by atoms with van der Waals surface area (Å²) in [5.41, 5.74) is 9.36. The number of nitrogens with one attached hydrogen (secondary N) is 2. The van der Waals surface area contributed by atoms with Crippen molar-refractivity contribution in [2.75, 3.05) is 11.9 Å². The van der Waals surface area contributed by atoms with Crippen LogP contribution in [0.4, 0.5) is 5.82 Å². The third kappa shape index (κ3) is 3.45. The molecule has 0 radical (unpaired) electrons. The van der Waals surface area contributed by atoms with Gasteiger partial charge in [-0.25, -0.2) is 15.0 Å². The van der Waals surface area contributed by atoms with E-state index in [1.54, 1.807) is 19.2 Å². The Bertz CT molecular complexity index is 1350. The van der Waals surface area contributed by atoms with E-state index < -0.39 is 0 Å². The van der Waals surface area contributed by atoms with Crippen molar-refractivity contribution >= 4 is 39.5 Å². The Kier molecular flexibility index (Phi) is 4.91. The van der Waals surface area contributed by atoms with Crippen LogP contribution in [0.3, 0.4) is 0 Å². The minimum Gasteiger partial charge on any atom is -0.355 e. The number of benzene rings is 1. The topological polar surface area (TPSA) is 117 Å². The Morgan fingerprint density at radius 1 is 1.23 bits per heavy atom. The summed E-state index contributed by atoms with van der Waals surface area (Å²) >= 11 is 6.65. The van der Waals surface area contributed by atoms with Crippen molar-refractivity contribution in [2.45, 2.75) is 44.7 Å². The lowest BCUT2D eigenvalue weighted by molar-refractivity contribution is 0.381. The highest BCUT2D eigenvalue weighted by Crippen LogP contribution is 2.36. The number of anilines is 1. The number of hydrogen-bond acceptors (Lipinski definition) is 6. The van der Waals surface area contributed by atoms with Crippen LogP contribution in [0, 0.1) is 6.92 Å². The molecule has 4 N–H and O–H groups in total. The molecule has 1 aromatic carbocycles. The van der Waals surface area contributed by atoms with E-state index in [1.807, 2.05) is 19.3 Å². The van der Waals surface area contributed by atoms with Crippen LogP contribution in [0.5, 0.6) is 0 Å². The minimum atomic E-state index is -0.255. The SMILES string of the molecule is Cc1nc2ccc(-c3c[nH]c4nc(N(C)[C@@H]5CCC[C@@H](N)C5)cnc34)c(Cl)c2c(=O)[nH]1. The number of halogens is 1. The Morgan fingerprint density at radius 2 is 2.06 bits per heavy atom. The third-order valence-corrected chi connectivity index (χ3v) is 6.58. The maximum atomic E-state index is 12.5. The van der Waals surface area contributed by atoms with Crippen molar-refractivity contribution in [3.05, 3.63) is 45.7 Å². The number of aryl methyl sites for hydroxylation is 1. The van der Waals surface area contributed by atoms with E-state index in [0.29, 0.717) is 44.5 Å². The molecule has 2 atom stereocenters. The van der Waals surface area contributed by atoms with Gasteiger partial charge in [-0.2, -0.15) is 0 Å². The van der Waals surface area contributed by atoms with E-state index in [-0.39, 0.29) is 11.6 Å². The quantitative estimate of drug-likeness (QED) is 0.451. The molecule has 9 heteroatoms. The zero-order valence-electron chi connectivity index (χ0n) is 17.4. The van der Waals surface area contributed by atoms with Gasteiger partial charge in [0.1, 0.15) is 17.2 Å². The van der Waals surface area contributed by atoms with Crippen LogP contribution in [-0.2, 0) is 0 Å². The number of aromatic amines is 2. The third-order valence-electron chi connectivity index (χ3n) is 6.18. The minimum absolute atomic E-state index is 0.242. The highest BCUT2D eigenvalue weighted by Gasteiger charge is 2.24. The summed E-state index contributed by atoms with van der Waals surface area (Å²) in [6.07, 6.45) is 7.89. The maximum Gasteiger partial charge on any atom is 0.260 e. The predicted molar refractivity (Wildman–Crippen MR) is 124 cm³/mol. The molecule has 3 heterocycles. The lowest BCUT2D eigenvalue weighted by Gasteiger charge is -2.34. The second-order valence-corrected chi connectivity index (χ2v) is 8.67. The highest BCUT2D eigenvalue weighted by atomic mass is 35.5. The predicted octanol–water partition coefficient (Wildman–Crippen LogP) is 3.53. The maximum absolute atomic E-state index is 12.5. The fraction of sp³-hybridized carbons (Fsp3) is 0.364. The van der Waals surface area contributed by atoms with Gasteiger partial charge in [0.05, 0.1) is 22.1 Å². The summed E-state index contributed by atoms with van der Waals surface area (Å²) in [6, 6.07) is 4.28. The zero-order chi connectivity index (χ0) is 21.7. The van der Waals surface area contributed by atoms with Crippen molar-refractivity contribution < 1.29 is 0 Å². The van der Waals surface area contributed by atoms with E-state index in [1.165, 1.54) is 0 Å². The number of aromatic nitrogens is 5. The van der Waals surface area contributed by atoms with Gasteiger partial charge in [-0.3, -0.25) is 4.79 Å². The van der Waals surface area contributed by atoms with E-state index in [0.717, 1.165) is 37.1 Å². The van der Waals surface area contributed by atoms with Crippen LogP contribution in [0.25, 0.3) is 33.2 Å². The molecule has 0 unspecified atom stereocenters. The first-order chi connectivity index (χ1) is 14.9. The Labute approximate surface area is 183 Å². The molecule has 4 aromatic rings. The van der Waals surface area contributed by atoms with Crippen LogP contribution in [0.2, 0.25) is 5.02 Å². The normalized spacial score (nSPS) is 19.2. The number of rotatable bonds is 3. The number of hydrogen-bond donors (Lipinski definition) is 3. The Hall–Kier alpha value is -2.97. The molecule has 0 saturated heterocycles. The molecule has 0 spiro atoms. The van der Waals surface area contributed by atoms with E-state index in [4.69, 9.17) is 22.3 Å². The van der Waals surface area contributed by atoms with Crippen molar-refractivity contribution in [3.8, 4) is 11.1 Å². The Balaban J connectivity index is 1.55. The zero-order valence-corrected chi connectivity index (χ0v) is 18.2. The molecule has 3 aromatic heterocycles. The van der Waals surface area contributed by atoms with Gasteiger partial charge in [-0.1, -0.05) is 17.7 Å². The molecule has 1 aliphatic rings. The van der Waals surface area contributed by atoms with Gasteiger partial charge in [0.2, 0.25) is 0 Å². The smallest absolute Gasteiger partial charge is 0.260 e. The summed E-state index contributed by atoms with van der Waals surface area (Å²) in [5.74, 6) is 1.36. The van der Waals surface area contributed by atoms with Crippen LogP contribution >= 0.6 is 11.6 Å². The summed E-state index contributed by atoms with van der Waals surface area (Å²) in [4.78, 5) is 34.4. The van der Waals surface area contributed by atoms with Gasteiger partial charge in [-0.15, -0.1) is 0 Å². The number of nitrogens with zero attached hydrogens (tertiary/aromatic N) is 4. The first kappa shape index (κ1) is 20.0. The molecule has 1 aliphatic carbocycles. The molecule has 8 nitrogen and oxygen atoms in total. The summed E-state index contributed by atoms with van der Waals surface area (Å²) in [6.45, 7) is 1.74. The fourth-order valence-electron chi connectivity index (χ4n) is 4.52. The first-order valence-electron chi connectivity index (χ1n) is 10.4. The highest BCUT2D eigenvalue weighted by molar-refractivity contribution is 6.38. The van der Waals surface area contributed by atoms with Gasteiger partial charge >= 0.3 is 0 Å².